The molecule has 0 bridgehead atoms. The number of hydrogen-bond acceptors (Lipinski definition) is 5. The summed E-state index contributed by atoms with van der Waals surface area (Å²) in [5.41, 5.74) is 1.07. The first kappa shape index (κ1) is 14.4. The predicted molar refractivity (Wildman–Crippen MR) is 84.0 cm³/mol. The maximum Gasteiger partial charge on any atom is 0.188 e. The molecule has 0 saturated carbocycles. The fourth-order valence-electron chi connectivity index (χ4n) is 1.57. The van der Waals surface area contributed by atoms with Crippen LogP contribution in [0.25, 0.3) is 0 Å². The van der Waals surface area contributed by atoms with Gasteiger partial charge in [0.1, 0.15) is 5.82 Å². The van der Waals surface area contributed by atoms with Crippen LogP contribution in [-0.2, 0) is 0 Å². The number of nitrogens with one attached hydrogen (secondary N) is 2. The van der Waals surface area contributed by atoms with Gasteiger partial charge in [0.05, 0.1) is 5.69 Å². The molecule has 19 heavy (non-hydrogen) atoms. The zero-order valence-corrected chi connectivity index (χ0v) is 13.4. The van der Waals surface area contributed by atoms with Gasteiger partial charge in [-0.15, -0.1) is 11.3 Å². The number of thiazole rings is 1. The predicted octanol–water partition coefficient (Wildman–Crippen LogP) is 4.10. The van der Waals surface area contributed by atoms with E-state index >= 15 is 0 Å². The van der Waals surface area contributed by atoms with Crippen molar-refractivity contribution in [3.05, 3.63) is 33.9 Å². The van der Waals surface area contributed by atoms with Crippen LogP contribution in [0.1, 0.15) is 32.0 Å². The molecule has 0 radical (unpaired) electrons. The van der Waals surface area contributed by atoms with Gasteiger partial charge in [-0.25, -0.2) is 9.97 Å². The summed E-state index contributed by atoms with van der Waals surface area (Å²) in [5, 5.41) is 9.59. The molecule has 2 aromatic heterocycles. The molecule has 0 spiro atoms. The molecule has 0 fully saturated rings. The summed E-state index contributed by atoms with van der Waals surface area (Å²) in [4.78, 5) is 8.84. The van der Waals surface area contributed by atoms with Crippen LogP contribution in [0.4, 0.5) is 10.9 Å². The quantitative estimate of drug-likeness (QED) is 0.830. The highest BCUT2D eigenvalue weighted by molar-refractivity contribution is 9.10. The van der Waals surface area contributed by atoms with Gasteiger partial charge in [0.25, 0.3) is 0 Å². The molecule has 4 nitrogen and oxygen atoms in total. The average molecular weight is 341 g/mol. The third-order valence-electron chi connectivity index (χ3n) is 2.63. The largest absolute Gasteiger partial charge is 0.316 e. The van der Waals surface area contributed by atoms with Crippen LogP contribution in [0, 0.1) is 0 Å². The summed E-state index contributed by atoms with van der Waals surface area (Å²) in [6.45, 7) is 5.30. The molecule has 2 rings (SSSR count). The second kappa shape index (κ2) is 6.98. The summed E-state index contributed by atoms with van der Waals surface area (Å²) >= 11 is 4.96. The van der Waals surface area contributed by atoms with E-state index in [4.69, 9.17) is 0 Å². The minimum absolute atomic E-state index is 0.282. The van der Waals surface area contributed by atoms with Gasteiger partial charge >= 0.3 is 0 Å². The third kappa shape index (κ3) is 4.26. The Kier molecular flexibility index (Phi) is 5.30. The lowest BCUT2D eigenvalue weighted by Crippen LogP contribution is -2.19. The van der Waals surface area contributed by atoms with E-state index in [-0.39, 0.29) is 6.04 Å². The Hall–Kier alpha value is -0.980. The average Bonchev–Trinajstić information content (AvgIpc) is 2.87. The SMILES string of the molecule is CCCNC(C)c1csc(Nc2ccc(Br)cn2)n1. The molecular weight excluding hydrogens is 324 g/mol. The molecule has 0 aliphatic carbocycles. The van der Waals surface area contributed by atoms with Crippen molar-refractivity contribution >= 4 is 38.2 Å². The standard InChI is InChI=1S/C13H17BrN4S/c1-3-6-15-9(2)11-8-19-13(17-11)18-12-5-4-10(14)7-16-12/h4-5,7-9,15H,3,6H2,1-2H3,(H,16,17,18). The third-order valence-corrected chi connectivity index (χ3v) is 3.87. The van der Waals surface area contributed by atoms with E-state index in [1.54, 1.807) is 17.5 Å². The normalized spacial score (nSPS) is 12.4. The summed E-state index contributed by atoms with van der Waals surface area (Å²) in [6, 6.07) is 4.16. The lowest BCUT2D eigenvalue weighted by molar-refractivity contribution is 0.561. The molecule has 0 amide bonds. The number of pyridine rings is 1. The van der Waals surface area contributed by atoms with Gasteiger partial charge in [-0.05, 0) is 48.0 Å². The molecule has 0 aliphatic rings. The highest BCUT2D eigenvalue weighted by Crippen LogP contribution is 2.23. The minimum Gasteiger partial charge on any atom is -0.316 e. The Morgan fingerprint density at radius 3 is 2.95 bits per heavy atom. The van der Waals surface area contributed by atoms with Gasteiger partial charge in [-0.2, -0.15) is 0 Å². The lowest BCUT2D eigenvalue weighted by atomic mass is 10.2. The molecule has 1 unspecified atom stereocenters. The molecule has 102 valence electrons. The lowest BCUT2D eigenvalue weighted by Gasteiger charge is -2.09. The first-order valence-corrected chi connectivity index (χ1v) is 7.93. The van der Waals surface area contributed by atoms with E-state index < -0.39 is 0 Å². The zero-order chi connectivity index (χ0) is 13.7. The van der Waals surface area contributed by atoms with Crippen LogP contribution in [0.3, 0.4) is 0 Å². The van der Waals surface area contributed by atoms with E-state index in [1.807, 2.05) is 12.1 Å². The highest BCUT2D eigenvalue weighted by Gasteiger charge is 2.09. The molecule has 2 heterocycles. The summed E-state index contributed by atoms with van der Waals surface area (Å²) in [7, 11) is 0. The van der Waals surface area contributed by atoms with Crippen molar-refractivity contribution in [2.75, 3.05) is 11.9 Å². The Labute approximate surface area is 125 Å². The van der Waals surface area contributed by atoms with Crippen molar-refractivity contribution in [3.63, 3.8) is 0 Å². The first-order valence-electron chi connectivity index (χ1n) is 6.26. The fraction of sp³-hybridized carbons (Fsp3) is 0.385. The number of rotatable bonds is 6. The number of aromatic nitrogens is 2. The van der Waals surface area contributed by atoms with Crippen molar-refractivity contribution in [2.45, 2.75) is 26.3 Å². The van der Waals surface area contributed by atoms with E-state index in [0.29, 0.717) is 0 Å². The van der Waals surface area contributed by atoms with E-state index in [2.05, 4.69) is 55.8 Å². The van der Waals surface area contributed by atoms with Crippen LogP contribution >= 0.6 is 27.3 Å². The van der Waals surface area contributed by atoms with E-state index in [1.165, 1.54) is 0 Å². The van der Waals surface area contributed by atoms with E-state index in [0.717, 1.165) is 34.1 Å². The van der Waals surface area contributed by atoms with Crippen molar-refractivity contribution in [3.8, 4) is 0 Å². The van der Waals surface area contributed by atoms with Crippen molar-refractivity contribution in [1.82, 2.24) is 15.3 Å². The molecule has 0 aromatic carbocycles. The smallest absolute Gasteiger partial charge is 0.188 e. The maximum absolute atomic E-state index is 4.57. The van der Waals surface area contributed by atoms with Crippen molar-refractivity contribution < 1.29 is 0 Å². The zero-order valence-electron chi connectivity index (χ0n) is 11.0. The second-order valence-corrected chi connectivity index (χ2v) is 6.01. The van der Waals surface area contributed by atoms with Crippen LogP contribution in [-0.4, -0.2) is 16.5 Å². The van der Waals surface area contributed by atoms with Crippen LogP contribution in [0.15, 0.2) is 28.2 Å². The van der Waals surface area contributed by atoms with Gasteiger partial charge < -0.3 is 10.6 Å². The fourth-order valence-corrected chi connectivity index (χ4v) is 2.61. The number of halogens is 1. The number of hydrogen-bond donors (Lipinski definition) is 2. The number of anilines is 2. The Balaban J connectivity index is 1.98. The Morgan fingerprint density at radius 2 is 2.26 bits per heavy atom. The van der Waals surface area contributed by atoms with Crippen LogP contribution in [0.5, 0.6) is 0 Å². The molecular formula is C13H17BrN4S. The van der Waals surface area contributed by atoms with Gasteiger partial charge in [0.2, 0.25) is 0 Å². The molecule has 0 saturated heterocycles. The maximum atomic E-state index is 4.57. The molecule has 0 aliphatic heterocycles. The Morgan fingerprint density at radius 1 is 1.42 bits per heavy atom. The topological polar surface area (TPSA) is 49.8 Å². The molecule has 2 N–H and O–H groups in total. The van der Waals surface area contributed by atoms with Crippen LogP contribution < -0.4 is 10.6 Å². The molecule has 1 atom stereocenters. The summed E-state index contributed by atoms with van der Waals surface area (Å²) in [5.74, 6) is 0.804. The highest BCUT2D eigenvalue weighted by atomic mass is 79.9. The number of nitrogens with zero attached hydrogens (tertiary/aromatic N) is 2. The Bertz CT molecular complexity index is 512. The molecule has 2 aromatic rings. The monoisotopic (exact) mass is 340 g/mol. The van der Waals surface area contributed by atoms with Gasteiger partial charge in [0.15, 0.2) is 5.13 Å². The van der Waals surface area contributed by atoms with E-state index in [9.17, 15) is 0 Å². The van der Waals surface area contributed by atoms with Crippen molar-refractivity contribution in [2.24, 2.45) is 0 Å². The van der Waals surface area contributed by atoms with Gasteiger partial charge in [-0.1, -0.05) is 6.92 Å². The summed E-state index contributed by atoms with van der Waals surface area (Å²) in [6.07, 6.45) is 2.89. The second-order valence-electron chi connectivity index (χ2n) is 4.24. The van der Waals surface area contributed by atoms with Gasteiger partial charge in [-0.3, -0.25) is 0 Å². The van der Waals surface area contributed by atoms with Gasteiger partial charge in [0, 0.05) is 22.1 Å². The summed E-state index contributed by atoms with van der Waals surface area (Å²) < 4.78 is 0.968. The molecule has 6 heteroatoms. The minimum atomic E-state index is 0.282. The van der Waals surface area contributed by atoms with Crippen molar-refractivity contribution in [1.29, 1.82) is 0 Å². The first-order chi connectivity index (χ1) is 9.19. The van der Waals surface area contributed by atoms with Crippen LogP contribution in [0.2, 0.25) is 0 Å².